The molecule has 0 bridgehead atoms. The Labute approximate surface area is 122 Å². The summed E-state index contributed by atoms with van der Waals surface area (Å²) < 4.78 is 10.2. The molecule has 0 saturated heterocycles. The molecule has 1 N–H and O–H groups in total. The maximum absolute atomic E-state index is 12.3. The fourth-order valence-electron chi connectivity index (χ4n) is 1.69. The van der Waals surface area contributed by atoms with Crippen LogP contribution >= 0.6 is 11.6 Å². The second-order valence-corrected chi connectivity index (χ2v) is 5.33. The van der Waals surface area contributed by atoms with E-state index in [0.717, 1.165) is 0 Å². The van der Waals surface area contributed by atoms with Crippen molar-refractivity contribution in [1.82, 2.24) is 0 Å². The molecule has 6 heteroatoms. The number of carboxylic acids is 1. The van der Waals surface area contributed by atoms with Gasteiger partial charge in [0.2, 0.25) is 0 Å². The summed E-state index contributed by atoms with van der Waals surface area (Å²) in [7, 11) is 2.84. The first kappa shape index (κ1) is 16.3. The quantitative estimate of drug-likeness (QED) is 0.817. The molecule has 0 amide bonds. The Morgan fingerprint density at radius 2 is 1.85 bits per heavy atom. The molecular formula is C14H17ClO5. The van der Waals surface area contributed by atoms with Crippen molar-refractivity contribution >= 4 is 23.4 Å². The van der Waals surface area contributed by atoms with Gasteiger partial charge in [-0.1, -0.05) is 11.6 Å². The topological polar surface area (TPSA) is 72.8 Å². The van der Waals surface area contributed by atoms with Gasteiger partial charge in [0.05, 0.1) is 25.2 Å². The van der Waals surface area contributed by atoms with Crippen LogP contribution in [0.25, 0.3) is 0 Å². The molecule has 0 heterocycles. The smallest absolute Gasteiger partial charge is 0.309 e. The number of rotatable bonds is 6. The van der Waals surface area contributed by atoms with Gasteiger partial charge in [-0.2, -0.15) is 0 Å². The average Bonchev–Trinajstić information content (AvgIpc) is 2.37. The zero-order valence-electron chi connectivity index (χ0n) is 11.8. The fraction of sp³-hybridized carbons (Fsp3) is 0.429. The lowest BCUT2D eigenvalue weighted by molar-refractivity contribution is -0.146. The van der Waals surface area contributed by atoms with Crippen molar-refractivity contribution in [2.45, 2.75) is 20.3 Å². The maximum atomic E-state index is 12.3. The SMILES string of the molecule is COc1ccc(C(=O)CC(C)(C)C(=O)O)c(OC)c1Cl. The number of Topliss-reactive ketones (excluding diaryl/α,β-unsaturated/α-hetero) is 1. The third-order valence-electron chi connectivity index (χ3n) is 2.97. The zero-order valence-corrected chi connectivity index (χ0v) is 12.6. The first-order chi connectivity index (χ1) is 9.24. The second-order valence-electron chi connectivity index (χ2n) is 4.95. The van der Waals surface area contributed by atoms with Gasteiger partial charge in [0.1, 0.15) is 10.8 Å². The lowest BCUT2D eigenvalue weighted by Crippen LogP contribution is -2.27. The zero-order chi connectivity index (χ0) is 15.5. The van der Waals surface area contributed by atoms with Crippen molar-refractivity contribution in [3.8, 4) is 11.5 Å². The average molecular weight is 301 g/mol. The Morgan fingerprint density at radius 3 is 2.30 bits per heavy atom. The Hall–Kier alpha value is -1.75. The van der Waals surface area contributed by atoms with Gasteiger partial charge >= 0.3 is 5.97 Å². The van der Waals surface area contributed by atoms with Crippen molar-refractivity contribution in [3.05, 3.63) is 22.7 Å². The Balaban J connectivity index is 3.17. The van der Waals surface area contributed by atoms with Gasteiger partial charge in [-0.05, 0) is 26.0 Å². The maximum Gasteiger partial charge on any atom is 0.309 e. The van der Waals surface area contributed by atoms with Crippen molar-refractivity contribution in [2.75, 3.05) is 14.2 Å². The van der Waals surface area contributed by atoms with E-state index in [2.05, 4.69) is 0 Å². The van der Waals surface area contributed by atoms with Gasteiger partial charge < -0.3 is 14.6 Å². The van der Waals surface area contributed by atoms with E-state index in [0.29, 0.717) is 5.75 Å². The van der Waals surface area contributed by atoms with Crippen molar-refractivity contribution in [1.29, 1.82) is 0 Å². The minimum Gasteiger partial charge on any atom is -0.495 e. The van der Waals surface area contributed by atoms with Gasteiger partial charge in [0, 0.05) is 6.42 Å². The molecule has 0 spiro atoms. The summed E-state index contributed by atoms with van der Waals surface area (Å²) in [5, 5.41) is 9.26. The minimum absolute atomic E-state index is 0.151. The van der Waals surface area contributed by atoms with Gasteiger partial charge in [-0.15, -0.1) is 0 Å². The second kappa shape index (κ2) is 6.13. The molecule has 5 nitrogen and oxygen atoms in total. The number of carbonyl (C=O) groups excluding carboxylic acids is 1. The molecule has 110 valence electrons. The van der Waals surface area contributed by atoms with E-state index in [1.165, 1.54) is 34.1 Å². The predicted octanol–water partition coefficient (Wildman–Crippen LogP) is 3.04. The molecule has 20 heavy (non-hydrogen) atoms. The van der Waals surface area contributed by atoms with Crippen LogP contribution < -0.4 is 9.47 Å². The number of aliphatic carboxylic acids is 1. The molecule has 1 aromatic rings. The number of ketones is 1. The summed E-state index contributed by atoms with van der Waals surface area (Å²) in [6.07, 6.45) is -0.151. The van der Waals surface area contributed by atoms with Crippen LogP contribution in [-0.4, -0.2) is 31.1 Å². The molecule has 0 aliphatic carbocycles. The van der Waals surface area contributed by atoms with Crippen molar-refractivity contribution < 1.29 is 24.2 Å². The monoisotopic (exact) mass is 300 g/mol. The number of hydrogen-bond donors (Lipinski definition) is 1. The van der Waals surface area contributed by atoms with Crippen LogP contribution in [0, 0.1) is 5.41 Å². The summed E-state index contributed by atoms with van der Waals surface area (Å²) in [6.45, 7) is 2.98. The molecule has 0 radical (unpaired) electrons. The van der Waals surface area contributed by atoms with E-state index in [4.69, 9.17) is 26.2 Å². The minimum atomic E-state index is -1.16. The number of carbonyl (C=O) groups is 2. The van der Waals surface area contributed by atoms with E-state index in [1.807, 2.05) is 0 Å². The van der Waals surface area contributed by atoms with Gasteiger partial charge in [-0.3, -0.25) is 9.59 Å². The Kier molecular flexibility index (Phi) is 5.00. The molecule has 0 fully saturated rings. The molecule has 1 aromatic carbocycles. The van der Waals surface area contributed by atoms with E-state index < -0.39 is 11.4 Å². The highest BCUT2D eigenvalue weighted by molar-refractivity contribution is 6.34. The van der Waals surface area contributed by atoms with Crippen LogP contribution in [0.1, 0.15) is 30.6 Å². The fourth-order valence-corrected chi connectivity index (χ4v) is 2.01. The van der Waals surface area contributed by atoms with Crippen molar-refractivity contribution in [2.24, 2.45) is 5.41 Å². The normalized spacial score (nSPS) is 11.1. The first-order valence-electron chi connectivity index (χ1n) is 5.91. The van der Waals surface area contributed by atoms with Gasteiger partial charge in [0.25, 0.3) is 0 Å². The largest absolute Gasteiger partial charge is 0.495 e. The van der Waals surface area contributed by atoms with Crippen LogP contribution in [-0.2, 0) is 4.79 Å². The molecular weight excluding hydrogens is 284 g/mol. The molecule has 0 atom stereocenters. The summed E-state index contributed by atoms with van der Waals surface area (Å²) in [4.78, 5) is 23.3. The molecule has 0 unspecified atom stereocenters. The highest BCUT2D eigenvalue weighted by Crippen LogP contribution is 2.38. The predicted molar refractivity (Wildman–Crippen MR) is 74.9 cm³/mol. The first-order valence-corrected chi connectivity index (χ1v) is 6.29. The van der Waals surface area contributed by atoms with Gasteiger partial charge in [-0.25, -0.2) is 0 Å². The number of hydrogen-bond acceptors (Lipinski definition) is 4. The van der Waals surface area contributed by atoms with Crippen LogP contribution in [0.5, 0.6) is 11.5 Å². The highest BCUT2D eigenvalue weighted by atomic mass is 35.5. The summed E-state index contributed by atoms with van der Waals surface area (Å²) in [6, 6.07) is 3.07. The van der Waals surface area contributed by atoms with Crippen LogP contribution in [0.3, 0.4) is 0 Å². The summed E-state index contributed by atoms with van der Waals surface area (Å²) in [5.41, 5.74) is -0.915. The highest BCUT2D eigenvalue weighted by Gasteiger charge is 2.32. The lowest BCUT2D eigenvalue weighted by Gasteiger charge is -2.19. The number of benzene rings is 1. The van der Waals surface area contributed by atoms with Gasteiger partial charge in [0.15, 0.2) is 11.5 Å². The standard InChI is InChI=1S/C14H17ClO5/c1-14(2,13(17)18)7-9(16)8-5-6-10(19-3)11(15)12(8)20-4/h5-6H,7H2,1-4H3,(H,17,18). The Bertz CT molecular complexity index is 537. The van der Waals surface area contributed by atoms with Crippen LogP contribution in [0.15, 0.2) is 12.1 Å². The van der Waals surface area contributed by atoms with E-state index in [9.17, 15) is 9.59 Å². The summed E-state index contributed by atoms with van der Waals surface area (Å²) in [5.74, 6) is -0.807. The van der Waals surface area contributed by atoms with E-state index >= 15 is 0 Å². The van der Waals surface area contributed by atoms with Crippen LogP contribution in [0.2, 0.25) is 5.02 Å². The number of methoxy groups -OCH3 is 2. The number of carboxylic acid groups (broad SMARTS) is 1. The number of halogens is 1. The van der Waals surface area contributed by atoms with E-state index in [1.54, 1.807) is 6.07 Å². The van der Waals surface area contributed by atoms with E-state index in [-0.39, 0.29) is 28.5 Å². The molecule has 0 saturated carbocycles. The molecule has 0 aliphatic heterocycles. The third-order valence-corrected chi connectivity index (χ3v) is 3.33. The van der Waals surface area contributed by atoms with Crippen LogP contribution in [0.4, 0.5) is 0 Å². The van der Waals surface area contributed by atoms with Crippen molar-refractivity contribution in [3.63, 3.8) is 0 Å². The lowest BCUT2D eigenvalue weighted by atomic mass is 9.85. The molecule has 0 aliphatic rings. The number of ether oxygens (including phenoxy) is 2. The summed E-state index contributed by atoms with van der Waals surface area (Å²) >= 11 is 6.07. The molecule has 1 rings (SSSR count). The Morgan fingerprint density at radius 1 is 1.25 bits per heavy atom. The third kappa shape index (κ3) is 3.22. The molecule has 0 aromatic heterocycles.